The van der Waals surface area contributed by atoms with Gasteiger partial charge in [0.1, 0.15) is 0 Å². The highest BCUT2D eigenvalue weighted by atomic mass is 16.4. The molecule has 0 bridgehead atoms. The van der Waals surface area contributed by atoms with E-state index in [1.54, 1.807) is 12.5 Å². The molecule has 0 aliphatic rings. The molecule has 72 valence electrons. The van der Waals surface area contributed by atoms with E-state index in [-0.39, 0.29) is 12.3 Å². The molecule has 0 aliphatic carbocycles. The Morgan fingerprint density at radius 1 is 1.77 bits per heavy atom. The molecule has 0 saturated heterocycles. The van der Waals surface area contributed by atoms with Gasteiger partial charge in [0.15, 0.2) is 0 Å². The van der Waals surface area contributed by atoms with E-state index in [1.165, 1.54) is 0 Å². The van der Waals surface area contributed by atoms with Crippen molar-refractivity contribution in [3.63, 3.8) is 0 Å². The summed E-state index contributed by atoms with van der Waals surface area (Å²) in [6.07, 6.45) is 3.62. The van der Waals surface area contributed by atoms with E-state index < -0.39 is 5.97 Å². The maximum atomic E-state index is 10.5. The maximum absolute atomic E-state index is 10.5. The minimum atomic E-state index is -0.767. The lowest BCUT2D eigenvalue weighted by Gasteiger charge is -2.10. The van der Waals surface area contributed by atoms with E-state index in [4.69, 9.17) is 5.11 Å². The van der Waals surface area contributed by atoms with Crippen LogP contribution in [-0.2, 0) is 11.3 Å². The van der Waals surface area contributed by atoms with Crippen LogP contribution in [0.15, 0.2) is 12.5 Å². The third kappa shape index (κ3) is 2.31. The third-order valence-electron chi connectivity index (χ3n) is 2.07. The van der Waals surface area contributed by atoms with Gasteiger partial charge in [0.05, 0.1) is 12.7 Å². The van der Waals surface area contributed by atoms with Gasteiger partial charge in [0.2, 0.25) is 0 Å². The Morgan fingerprint density at radius 2 is 2.46 bits per heavy atom. The zero-order valence-electron chi connectivity index (χ0n) is 7.90. The number of carboxylic acids is 1. The summed E-state index contributed by atoms with van der Waals surface area (Å²) in [6, 6.07) is 0. The van der Waals surface area contributed by atoms with E-state index in [9.17, 15) is 4.79 Å². The SMILES string of the molecule is CCn1cncc1C(C)CC(=O)O. The van der Waals surface area contributed by atoms with Gasteiger partial charge in [-0.15, -0.1) is 0 Å². The number of aromatic nitrogens is 2. The van der Waals surface area contributed by atoms with Gasteiger partial charge in [0.25, 0.3) is 0 Å². The molecule has 0 fully saturated rings. The summed E-state index contributed by atoms with van der Waals surface area (Å²) >= 11 is 0. The molecule has 0 radical (unpaired) electrons. The van der Waals surface area contributed by atoms with Crippen LogP contribution in [0, 0.1) is 0 Å². The molecule has 0 spiro atoms. The van der Waals surface area contributed by atoms with Crippen molar-refractivity contribution < 1.29 is 9.90 Å². The molecule has 1 aromatic rings. The molecule has 1 rings (SSSR count). The Labute approximate surface area is 77.2 Å². The Morgan fingerprint density at radius 3 is 3.00 bits per heavy atom. The first-order valence-electron chi connectivity index (χ1n) is 4.37. The summed E-state index contributed by atoms with van der Waals surface area (Å²) in [5.41, 5.74) is 0.991. The largest absolute Gasteiger partial charge is 0.481 e. The minimum absolute atomic E-state index is 0.0277. The maximum Gasteiger partial charge on any atom is 0.304 e. The molecule has 1 unspecified atom stereocenters. The number of imidazole rings is 1. The Balaban J connectivity index is 2.75. The standard InChI is InChI=1S/C9H14N2O2/c1-3-11-6-10-5-8(11)7(2)4-9(12)13/h5-7H,3-4H2,1-2H3,(H,12,13). The van der Waals surface area contributed by atoms with Gasteiger partial charge in [-0.1, -0.05) is 6.92 Å². The fourth-order valence-corrected chi connectivity index (χ4v) is 1.37. The van der Waals surface area contributed by atoms with Crippen LogP contribution in [-0.4, -0.2) is 20.6 Å². The molecule has 4 heteroatoms. The van der Waals surface area contributed by atoms with Crippen molar-refractivity contribution in [2.45, 2.75) is 32.7 Å². The minimum Gasteiger partial charge on any atom is -0.481 e. The van der Waals surface area contributed by atoms with Crippen LogP contribution < -0.4 is 0 Å². The van der Waals surface area contributed by atoms with Crippen LogP contribution in [0.4, 0.5) is 0 Å². The summed E-state index contributed by atoms with van der Waals surface area (Å²) in [5.74, 6) is -0.740. The molecule has 1 aromatic heterocycles. The molecular formula is C9H14N2O2. The summed E-state index contributed by atoms with van der Waals surface area (Å²) in [7, 11) is 0. The Kier molecular flexibility index (Phi) is 3.06. The van der Waals surface area contributed by atoms with Gasteiger partial charge in [-0.2, -0.15) is 0 Å². The molecule has 0 aromatic carbocycles. The average Bonchev–Trinajstić information content (AvgIpc) is 2.49. The molecule has 0 amide bonds. The van der Waals surface area contributed by atoms with Crippen LogP contribution in [0.2, 0.25) is 0 Å². The first-order chi connectivity index (χ1) is 6.15. The number of aliphatic carboxylic acids is 1. The number of hydrogen-bond acceptors (Lipinski definition) is 2. The van der Waals surface area contributed by atoms with Crippen molar-refractivity contribution in [3.05, 3.63) is 18.2 Å². The van der Waals surface area contributed by atoms with Crippen LogP contribution in [0.1, 0.15) is 31.9 Å². The predicted molar refractivity (Wildman–Crippen MR) is 48.6 cm³/mol. The molecule has 1 heterocycles. The predicted octanol–water partition coefficient (Wildman–Crippen LogP) is 1.48. The summed E-state index contributed by atoms with van der Waals surface area (Å²) in [5, 5.41) is 8.62. The molecule has 1 atom stereocenters. The Bertz CT molecular complexity index is 294. The fraction of sp³-hybridized carbons (Fsp3) is 0.556. The lowest BCUT2D eigenvalue weighted by molar-refractivity contribution is -0.137. The monoisotopic (exact) mass is 182 g/mol. The highest BCUT2D eigenvalue weighted by Gasteiger charge is 2.13. The van der Waals surface area contributed by atoms with Gasteiger partial charge in [0, 0.05) is 24.4 Å². The van der Waals surface area contributed by atoms with Gasteiger partial charge in [-0.3, -0.25) is 4.79 Å². The van der Waals surface area contributed by atoms with E-state index in [0.29, 0.717) is 0 Å². The van der Waals surface area contributed by atoms with Crippen LogP contribution in [0.3, 0.4) is 0 Å². The molecular weight excluding hydrogens is 168 g/mol. The average molecular weight is 182 g/mol. The molecule has 13 heavy (non-hydrogen) atoms. The van der Waals surface area contributed by atoms with E-state index >= 15 is 0 Å². The van der Waals surface area contributed by atoms with E-state index in [2.05, 4.69) is 4.98 Å². The third-order valence-corrected chi connectivity index (χ3v) is 2.07. The van der Waals surface area contributed by atoms with Crippen LogP contribution >= 0.6 is 0 Å². The highest BCUT2D eigenvalue weighted by Crippen LogP contribution is 2.18. The number of nitrogens with zero attached hydrogens (tertiary/aromatic N) is 2. The zero-order valence-corrected chi connectivity index (χ0v) is 7.90. The van der Waals surface area contributed by atoms with Gasteiger partial charge >= 0.3 is 5.97 Å². The lowest BCUT2D eigenvalue weighted by atomic mass is 10.0. The second kappa shape index (κ2) is 4.07. The number of rotatable bonds is 4. The second-order valence-electron chi connectivity index (χ2n) is 3.10. The van der Waals surface area contributed by atoms with Crippen molar-refractivity contribution in [3.8, 4) is 0 Å². The number of aryl methyl sites for hydroxylation is 1. The second-order valence-corrected chi connectivity index (χ2v) is 3.10. The number of carbonyl (C=O) groups is 1. The molecule has 4 nitrogen and oxygen atoms in total. The van der Waals surface area contributed by atoms with Crippen LogP contribution in [0.25, 0.3) is 0 Å². The van der Waals surface area contributed by atoms with Crippen molar-refractivity contribution in [2.24, 2.45) is 0 Å². The normalized spacial score (nSPS) is 12.8. The van der Waals surface area contributed by atoms with Gasteiger partial charge in [-0.25, -0.2) is 4.98 Å². The van der Waals surface area contributed by atoms with Crippen LogP contribution in [0.5, 0.6) is 0 Å². The fourth-order valence-electron chi connectivity index (χ4n) is 1.37. The number of hydrogen-bond donors (Lipinski definition) is 1. The molecule has 1 N–H and O–H groups in total. The first-order valence-corrected chi connectivity index (χ1v) is 4.37. The summed E-state index contributed by atoms with van der Waals surface area (Å²) in [6.45, 7) is 4.75. The Hall–Kier alpha value is -1.32. The van der Waals surface area contributed by atoms with Crippen molar-refractivity contribution >= 4 is 5.97 Å². The number of carboxylic acid groups (broad SMARTS) is 1. The van der Waals surface area contributed by atoms with Crippen molar-refractivity contribution in [1.82, 2.24) is 9.55 Å². The van der Waals surface area contributed by atoms with Crippen molar-refractivity contribution in [1.29, 1.82) is 0 Å². The zero-order chi connectivity index (χ0) is 9.84. The quantitative estimate of drug-likeness (QED) is 0.767. The van der Waals surface area contributed by atoms with Gasteiger partial charge in [-0.05, 0) is 6.92 Å². The summed E-state index contributed by atoms with van der Waals surface area (Å²) < 4.78 is 1.97. The lowest BCUT2D eigenvalue weighted by Crippen LogP contribution is -2.07. The molecule has 0 aliphatic heterocycles. The van der Waals surface area contributed by atoms with Gasteiger partial charge < -0.3 is 9.67 Å². The molecule has 0 saturated carbocycles. The van der Waals surface area contributed by atoms with Crippen molar-refractivity contribution in [2.75, 3.05) is 0 Å². The van der Waals surface area contributed by atoms with E-state index in [1.807, 2.05) is 18.4 Å². The first kappa shape index (κ1) is 9.77. The topological polar surface area (TPSA) is 55.1 Å². The van der Waals surface area contributed by atoms with E-state index in [0.717, 1.165) is 12.2 Å². The smallest absolute Gasteiger partial charge is 0.304 e. The highest BCUT2D eigenvalue weighted by molar-refractivity contribution is 5.67. The summed E-state index contributed by atoms with van der Waals surface area (Å²) in [4.78, 5) is 14.5.